The molecule has 1 aliphatic heterocycles. The first-order valence-corrected chi connectivity index (χ1v) is 6.95. The summed E-state index contributed by atoms with van der Waals surface area (Å²) in [5.41, 5.74) is 0.916. The Kier molecular flexibility index (Phi) is 4.04. The van der Waals surface area contributed by atoms with Crippen LogP contribution in [-0.4, -0.2) is 44.3 Å². The maximum absolute atomic E-state index is 12.5. The third-order valence-corrected chi connectivity index (χ3v) is 4.48. The quantitative estimate of drug-likeness (QED) is 0.902. The molecule has 1 aromatic heterocycles. The van der Waals surface area contributed by atoms with Crippen LogP contribution < -0.4 is 0 Å². The van der Waals surface area contributed by atoms with Crippen LogP contribution in [0.5, 0.6) is 0 Å². The number of nitrogens with zero attached hydrogens (tertiary/aromatic N) is 3. The van der Waals surface area contributed by atoms with E-state index in [1.54, 1.807) is 30.5 Å². The van der Waals surface area contributed by atoms with Gasteiger partial charge in [-0.3, -0.25) is 14.3 Å². The fourth-order valence-electron chi connectivity index (χ4n) is 2.61. The first-order valence-electron chi connectivity index (χ1n) is 6.57. The predicted molar refractivity (Wildman–Crippen MR) is 73.8 cm³/mol. The molecule has 0 saturated carbocycles. The highest BCUT2D eigenvalue weighted by Gasteiger charge is 2.37. The van der Waals surface area contributed by atoms with E-state index in [9.17, 15) is 14.7 Å². The number of carboxylic acid groups (broad SMARTS) is 1. The van der Waals surface area contributed by atoms with E-state index in [0.717, 1.165) is 5.69 Å². The summed E-state index contributed by atoms with van der Waals surface area (Å²) in [6, 6.07) is -0.355. The van der Waals surface area contributed by atoms with Gasteiger partial charge in [0.25, 0.3) is 5.91 Å². The molecule has 6 nitrogen and oxygen atoms in total. The second kappa shape index (κ2) is 5.44. The van der Waals surface area contributed by atoms with E-state index in [-0.39, 0.29) is 17.6 Å². The summed E-state index contributed by atoms with van der Waals surface area (Å²) < 4.78 is 1.55. The lowest BCUT2D eigenvalue weighted by molar-refractivity contribution is -0.144. The highest BCUT2D eigenvalue weighted by atomic mass is 35.5. The molecule has 1 N–H and O–H groups in total. The Hall–Kier alpha value is -1.56. The van der Waals surface area contributed by atoms with Crippen LogP contribution in [-0.2, 0) is 11.8 Å². The van der Waals surface area contributed by atoms with Gasteiger partial charge in [-0.05, 0) is 26.7 Å². The van der Waals surface area contributed by atoms with Crippen LogP contribution in [0.15, 0.2) is 0 Å². The van der Waals surface area contributed by atoms with Crippen LogP contribution >= 0.6 is 11.6 Å². The fourth-order valence-corrected chi connectivity index (χ4v) is 2.86. The van der Waals surface area contributed by atoms with Crippen molar-refractivity contribution in [2.45, 2.75) is 32.7 Å². The molecule has 0 aromatic carbocycles. The fraction of sp³-hybridized carbons (Fsp3) is 0.615. The predicted octanol–water partition coefficient (Wildman–Crippen LogP) is 1.71. The number of aliphatic carboxylic acids is 1. The first kappa shape index (κ1) is 14.8. The molecule has 0 radical (unpaired) electrons. The summed E-state index contributed by atoms with van der Waals surface area (Å²) in [4.78, 5) is 25.3. The third kappa shape index (κ3) is 2.40. The molecule has 2 atom stereocenters. The number of aromatic nitrogens is 2. The molecule has 0 bridgehead atoms. The second-order valence-corrected chi connectivity index (χ2v) is 5.58. The minimum Gasteiger partial charge on any atom is -0.481 e. The zero-order valence-electron chi connectivity index (χ0n) is 11.8. The average Bonchev–Trinajstić information content (AvgIpc) is 2.65. The van der Waals surface area contributed by atoms with Crippen molar-refractivity contribution in [1.82, 2.24) is 14.7 Å². The highest BCUT2D eigenvalue weighted by molar-refractivity contribution is 6.34. The minimum absolute atomic E-state index is 0.199. The zero-order chi connectivity index (χ0) is 15.0. The molecule has 7 heteroatoms. The topological polar surface area (TPSA) is 75.4 Å². The molecule has 1 amide bonds. The van der Waals surface area contributed by atoms with Gasteiger partial charge in [-0.2, -0.15) is 5.10 Å². The van der Waals surface area contributed by atoms with Gasteiger partial charge >= 0.3 is 5.97 Å². The number of halogens is 1. The molecule has 1 aromatic rings. The Morgan fingerprint density at radius 3 is 2.60 bits per heavy atom. The van der Waals surface area contributed by atoms with Crippen LogP contribution in [0, 0.1) is 12.8 Å². The molecular weight excluding hydrogens is 282 g/mol. The summed E-state index contributed by atoms with van der Waals surface area (Å²) in [6.45, 7) is 4.08. The van der Waals surface area contributed by atoms with E-state index in [1.807, 2.05) is 0 Å². The number of carbonyl (C=O) groups is 2. The number of hydrogen-bond donors (Lipinski definition) is 1. The van der Waals surface area contributed by atoms with Gasteiger partial charge in [0.2, 0.25) is 0 Å². The van der Waals surface area contributed by atoms with Gasteiger partial charge < -0.3 is 10.0 Å². The summed E-state index contributed by atoms with van der Waals surface area (Å²) in [5, 5.41) is 13.7. The van der Waals surface area contributed by atoms with Gasteiger partial charge in [0.15, 0.2) is 5.69 Å². The van der Waals surface area contributed by atoms with E-state index in [0.29, 0.717) is 24.4 Å². The van der Waals surface area contributed by atoms with Crippen molar-refractivity contribution in [2.75, 3.05) is 6.54 Å². The van der Waals surface area contributed by atoms with Gasteiger partial charge in [0, 0.05) is 19.6 Å². The molecule has 20 heavy (non-hydrogen) atoms. The minimum atomic E-state index is -0.863. The van der Waals surface area contributed by atoms with Crippen molar-refractivity contribution < 1.29 is 14.7 Å². The standard InChI is InChI=1S/C13H18ClN3O3/c1-7-9(13(19)20)5-4-6-17(7)12(18)11-10(14)8(2)16(3)15-11/h7,9H,4-6H2,1-3H3,(H,19,20)/t7-,9-/m1/s1. The van der Waals surface area contributed by atoms with Crippen molar-refractivity contribution >= 4 is 23.5 Å². The van der Waals surface area contributed by atoms with Crippen LogP contribution in [0.3, 0.4) is 0 Å². The Bertz CT molecular complexity index is 555. The summed E-state index contributed by atoms with van der Waals surface area (Å²) >= 11 is 6.13. The maximum atomic E-state index is 12.5. The normalized spacial score (nSPS) is 22.9. The Labute approximate surface area is 122 Å². The van der Waals surface area contributed by atoms with Crippen LogP contribution in [0.1, 0.15) is 35.9 Å². The first-order chi connectivity index (χ1) is 9.34. The second-order valence-electron chi connectivity index (χ2n) is 5.20. The smallest absolute Gasteiger partial charge is 0.308 e. The summed E-state index contributed by atoms with van der Waals surface area (Å²) in [7, 11) is 1.72. The number of hydrogen-bond acceptors (Lipinski definition) is 3. The highest BCUT2D eigenvalue weighted by Crippen LogP contribution is 2.27. The number of rotatable bonds is 2. The van der Waals surface area contributed by atoms with Gasteiger partial charge in [0.1, 0.15) is 0 Å². The van der Waals surface area contributed by atoms with Gasteiger partial charge in [-0.1, -0.05) is 11.6 Å². The van der Waals surface area contributed by atoms with Crippen molar-refractivity contribution in [3.8, 4) is 0 Å². The SMILES string of the molecule is Cc1c(Cl)c(C(=O)N2CCC[C@@H](C(=O)O)[C@H]2C)nn1C. The molecule has 0 aliphatic carbocycles. The molecule has 110 valence electrons. The molecular formula is C13H18ClN3O3. The van der Waals surface area contributed by atoms with E-state index in [1.165, 1.54) is 0 Å². The van der Waals surface area contributed by atoms with Crippen LogP contribution in [0.2, 0.25) is 5.02 Å². The molecule has 2 heterocycles. The van der Waals surface area contributed by atoms with E-state index in [2.05, 4.69) is 5.10 Å². The Balaban J connectivity index is 2.28. The summed E-state index contributed by atoms with van der Waals surface area (Å²) in [5.74, 6) is -1.69. The van der Waals surface area contributed by atoms with Gasteiger partial charge in [-0.15, -0.1) is 0 Å². The lowest BCUT2D eigenvalue weighted by Crippen LogP contribution is -2.49. The van der Waals surface area contributed by atoms with Crippen molar-refractivity contribution in [3.63, 3.8) is 0 Å². The molecule has 0 spiro atoms. The third-order valence-electron chi connectivity index (χ3n) is 4.03. The van der Waals surface area contributed by atoms with E-state index < -0.39 is 11.9 Å². The van der Waals surface area contributed by atoms with Crippen molar-refractivity contribution in [3.05, 3.63) is 16.4 Å². The Morgan fingerprint density at radius 1 is 1.45 bits per heavy atom. The van der Waals surface area contributed by atoms with E-state index in [4.69, 9.17) is 11.6 Å². The molecule has 1 fully saturated rings. The van der Waals surface area contributed by atoms with Crippen molar-refractivity contribution in [1.29, 1.82) is 0 Å². The lowest BCUT2D eigenvalue weighted by atomic mass is 9.90. The molecule has 1 saturated heterocycles. The zero-order valence-corrected chi connectivity index (χ0v) is 12.5. The van der Waals surface area contributed by atoms with Gasteiger partial charge in [-0.25, -0.2) is 0 Å². The monoisotopic (exact) mass is 299 g/mol. The van der Waals surface area contributed by atoms with Crippen LogP contribution in [0.25, 0.3) is 0 Å². The molecule has 1 aliphatic rings. The maximum Gasteiger partial charge on any atom is 0.308 e. The summed E-state index contributed by atoms with van der Waals surface area (Å²) in [6.07, 6.45) is 1.27. The number of aryl methyl sites for hydroxylation is 1. The van der Waals surface area contributed by atoms with Crippen molar-refractivity contribution in [2.24, 2.45) is 13.0 Å². The van der Waals surface area contributed by atoms with Crippen LogP contribution in [0.4, 0.5) is 0 Å². The number of carbonyl (C=O) groups excluding carboxylic acids is 1. The lowest BCUT2D eigenvalue weighted by Gasteiger charge is -2.37. The van der Waals surface area contributed by atoms with Gasteiger partial charge in [0.05, 0.1) is 16.6 Å². The number of piperidine rings is 1. The number of likely N-dealkylation sites (tertiary alicyclic amines) is 1. The number of carboxylic acids is 1. The number of amides is 1. The molecule has 2 rings (SSSR count). The largest absolute Gasteiger partial charge is 0.481 e. The average molecular weight is 300 g/mol. The van der Waals surface area contributed by atoms with E-state index >= 15 is 0 Å². The Morgan fingerprint density at radius 2 is 2.10 bits per heavy atom. The molecule has 0 unspecified atom stereocenters.